The van der Waals surface area contributed by atoms with Crippen LogP contribution >= 0.6 is 0 Å². The Morgan fingerprint density at radius 1 is 1.36 bits per heavy atom. The molecule has 0 fully saturated rings. The van der Waals surface area contributed by atoms with Gasteiger partial charge in [0.05, 0.1) is 23.5 Å². The third-order valence-electron chi connectivity index (χ3n) is 3.14. The Morgan fingerprint density at radius 2 is 2.09 bits per heavy atom. The summed E-state index contributed by atoms with van der Waals surface area (Å²) < 4.78 is 1.40. The van der Waals surface area contributed by atoms with Gasteiger partial charge in [-0.2, -0.15) is 5.10 Å². The van der Waals surface area contributed by atoms with Crippen LogP contribution in [-0.4, -0.2) is 36.7 Å². The number of aromatic nitrogens is 4. The number of carbonyl (C=O) groups is 2. The first kappa shape index (κ1) is 15.6. The van der Waals surface area contributed by atoms with Crippen LogP contribution in [0.4, 0.5) is 0 Å². The van der Waals surface area contributed by atoms with Crippen LogP contribution in [0.15, 0.2) is 12.4 Å². The lowest BCUT2D eigenvalue weighted by Crippen LogP contribution is -2.25. The third-order valence-corrected chi connectivity index (χ3v) is 3.14. The summed E-state index contributed by atoms with van der Waals surface area (Å²) in [5.74, 6) is -0.766. The topological polar surface area (TPSA) is 110 Å². The van der Waals surface area contributed by atoms with Crippen molar-refractivity contribution < 1.29 is 14.7 Å². The van der Waals surface area contributed by atoms with E-state index >= 15 is 0 Å². The second-order valence-corrected chi connectivity index (χ2v) is 4.79. The number of amides is 1. The minimum Gasteiger partial charge on any atom is -0.478 e. The number of aromatic carboxylic acids is 1. The Kier molecular flexibility index (Phi) is 4.50. The minimum absolute atomic E-state index is 0.0241. The first-order valence-electron chi connectivity index (χ1n) is 6.79. The molecular weight excluding hydrogens is 286 g/mol. The van der Waals surface area contributed by atoms with Gasteiger partial charge in [0.15, 0.2) is 0 Å². The maximum Gasteiger partial charge on any atom is 0.339 e. The Labute approximate surface area is 127 Å². The lowest BCUT2D eigenvalue weighted by Gasteiger charge is -2.07. The molecule has 0 atom stereocenters. The van der Waals surface area contributed by atoms with Crippen molar-refractivity contribution in [3.05, 3.63) is 40.7 Å². The summed E-state index contributed by atoms with van der Waals surface area (Å²) in [6.07, 6.45) is 3.57. The number of hydrogen-bond donors (Lipinski definition) is 2. The van der Waals surface area contributed by atoms with Crippen molar-refractivity contribution in [2.45, 2.75) is 26.8 Å². The van der Waals surface area contributed by atoms with Crippen molar-refractivity contribution in [3.8, 4) is 0 Å². The summed E-state index contributed by atoms with van der Waals surface area (Å²) >= 11 is 0. The molecule has 2 aromatic heterocycles. The maximum absolute atomic E-state index is 12.2. The molecule has 116 valence electrons. The highest BCUT2D eigenvalue weighted by Gasteiger charge is 2.17. The molecule has 1 amide bonds. The zero-order valence-corrected chi connectivity index (χ0v) is 12.6. The van der Waals surface area contributed by atoms with Crippen LogP contribution < -0.4 is 5.32 Å². The number of rotatable bonds is 5. The van der Waals surface area contributed by atoms with E-state index < -0.39 is 5.97 Å². The molecule has 0 aliphatic carbocycles. The van der Waals surface area contributed by atoms with Crippen LogP contribution in [0.2, 0.25) is 0 Å². The fourth-order valence-corrected chi connectivity index (χ4v) is 2.01. The van der Waals surface area contributed by atoms with Crippen molar-refractivity contribution in [1.29, 1.82) is 0 Å². The van der Waals surface area contributed by atoms with E-state index in [-0.39, 0.29) is 18.0 Å². The second-order valence-electron chi connectivity index (χ2n) is 4.79. The molecule has 0 unspecified atom stereocenters. The molecule has 2 rings (SSSR count). The quantitative estimate of drug-likeness (QED) is 0.841. The molecule has 2 N–H and O–H groups in total. The summed E-state index contributed by atoms with van der Waals surface area (Å²) in [5.41, 5.74) is 1.32. The van der Waals surface area contributed by atoms with Gasteiger partial charge in [0.1, 0.15) is 11.4 Å². The summed E-state index contributed by atoms with van der Waals surface area (Å²) in [6, 6.07) is 0. The van der Waals surface area contributed by atoms with Gasteiger partial charge in [0.2, 0.25) is 0 Å². The van der Waals surface area contributed by atoms with Crippen LogP contribution in [-0.2, 0) is 20.0 Å². The number of nitrogens with zero attached hydrogens (tertiary/aromatic N) is 4. The molecule has 22 heavy (non-hydrogen) atoms. The van der Waals surface area contributed by atoms with Crippen molar-refractivity contribution >= 4 is 11.9 Å². The second kappa shape index (κ2) is 6.33. The van der Waals surface area contributed by atoms with Gasteiger partial charge in [0.25, 0.3) is 5.91 Å². The van der Waals surface area contributed by atoms with Crippen LogP contribution in [0.1, 0.15) is 44.9 Å². The standard InChI is InChI=1S/C14H17N5O3/c1-4-12-15-5-9(8(2)17-12)13(20)16-6-11-10(14(21)22)7-19(3)18-11/h5,7H,4,6H2,1-3H3,(H,16,20)(H,21,22). The highest BCUT2D eigenvalue weighted by atomic mass is 16.4. The van der Waals surface area contributed by atoms with E-state index in [9.17, 15) is 9.59 Å². The van der Waals surface area contributed by atoms with Gasteiger partial charge in [-0.25, -0.2) is 14.8 Å². The highest BCUT2D eigenvalue weighted by Crippen LogP contribution is 2.08. The summed E-state index contributed by atoms with van der Waals surface area (Å²) in [4.78, 5) is 31.6. The molecule has 2 aromatic rings. The van der Waals surface area contributed by atoms with Crippen LogP contribution in [0.25, 0.3) is 0 Å². The van der Waals surface area contributed by atoms with Crippen LogP contribution in [0.3, 0.4) is 0 Å². The van der Waals surface area contributed by atoms with E-state index in [0.29, 0.717) is 29.2 Å². The van der Waals surface area contributed by atoms with Gasteiger partial charge in [-0.3, -0.25) is 9.48 Å². The van der Waals surface area contributed by atoms with E-state index in [2.05, 4.69) is 20.4 Å². The summed E-state index contributed by atoms with van der Waals surface area (Å²) in [6.45, 7) is 3.69. The Morgan fingerprint density at radius 3 is 2.68 bits per heavy atom. The average Bonchev–Trinajstić information content (AvgIpc) is 2.86. The summed E-state index contributed by atoms with van der Waals surface area (Å²) in [7, 11) is 1.62. The highest BCUT2D eigenvalue weighted by molar-refractivity contribution is 5.95. The number of carboxylic acids is 1. The molecule has 0 saturated heterocycles. The average molecular weight is 303 g/mol. The third kappa shape index (κ3) is 3.27. The summed E-state index contributed by atoms with van der Waals surface area (Å²) in [5, 5.41) is 15.8. The largest absolute Gasteiger partial charge is 0.478 e. The first-order valence-corrected chi connectivity index (χ1v) is 6.79. The lowest BCUT2D eigenvalue weighted by atomic mass is 10.2. The number of carbonyl (C=O) groups excluding carboxylic acids is 1. The predicted molar refractivity (Wildman–Crippen MR) is 77.5 cm³/mol. The number of hydrogen-bond acceptors (Lipinski definition) is 5. The van der Waals surface area contributed by atoms with Crippen molar-refractivity contribution in [2.75, 3.05) is 0 Å². The molecule has 0 aromatic carbocycles. The number of aryl methyl sites for hydroxylation is 3. The van der Waals surface area contributed by atoms with Gasteiger partial charge < -0.3 is 10.4 Å². The van der Waals surface area contributed by atoms with Gasteiger partial charge >= 0.3 is 5.97 Å². The molecule has 8 heteroatoms. The normalized spacial score (nSPS) is 10.5. The SMILES string of the molecule is CCc1ncc(C(=O)NCc2nn(C)cc2C(=O)O)c(C)n1. The molecule has 8 nitrogen and oxygen atoms in total. The number of nitrogens with one attached hydrogen (secondary N) is 1. The fraction of sp³-hybridized carbons (Fsp3) is 0.357. The molecule has 2 heterocycles. The Bertz CT molecular complexity index is 723. The Balaban J connectivity index is 2.12. The van der Waals surface area contributed by atoms with Crippen molar-refractivity contribution in [1.82, 2.24) is 25.1 Å². The lowest BCUT2D eigenvalue weighted by molar-refractivity contribution is 0.0694. The van der Waals surface area contributed by atoms with Gasteiger partial charge in [-0.1, -0.05) is 6.92 Å². The maximum atomic E-state index is 12.2. The van der Waals surface area contributed by atoms with E-state index in [1.54, 1.807) is 14.0 Å². The molecule has 0 bridgehead atoms. The first-order chi connectivity index (χ1) is 10.4. The monoisotopic (exact) mass is 303 g/mol. The van der Waals surface area contributed by atoms with Crippen molar-refractivity contribution in [3.63, 3.8) is 0 Å². The van der Waals surface area contributed by atoms with Gasteiger partial charge in [-0.15, -0.1) is 0 Å². The van der Waals surface area contributed by atoms with E-state index in [1.807, 2.05) is 6.92 Å². The smallest absolute Gasteiger partial charge is 0.339 e. The zero-order chi connectivity index (χ0) is 16.3. The number of carboxylic acid groups (broad SMARTS) is 1. The fourth-order valence-electron chi connectivity index (χ4n) is 2.01. The molecule has 0 spiro atoms. The predicted octanol–water partition coefficient (Wildman–Crippen LogP) is 0.709. The molecule has 0 saturated carbocycles. The molecular formula is C14H17N5O3. The van der Waals surface area contributed by atoms with Gasteiger partial charge in [0, 0.05) is 25.9 Å². The van der Waals surface area contributed by atoms with E-state index in [0.717, 1.165) is 0 Å². The zero-order valence-electron chi connectivity index (χ0n) is 12.6. The van der Waals surface area contributed by atoms with Gasteiger partial charge in [-0.05, 0) is 6.92 Å². The van der Waals surface area contributed by atoms with Crippen molar-refractivity contribution in [2.24, 2.45) is 7.05 Å². The molecule has 0 aliphatic heterocycles. The Hall–Kier alpha value is -2.77. The van der Waals surface area contributed by atoms with Crippen LogP contribution in [0.5, 0.6) is 0 Å². The van der Waals surface area contributed by atoms with Crippen LogP contribution in [0, 0.1) is 6.92 Å². The van der Waals surface area contributed by atoms with E-state index in [4.69, 9.17) is 5.11 Å². The minimum atomic E-state index is -1.08. The van der Waals surface area contributed by atoms with E-state index in [1.165, 1.54) is 17.1 Å². The molecule has 0 aliphatic rings. The molecule has 0 radical (unpaired) electrons.